The lowest BCUT2D eigenvalue weighted by Crippen LogP contribution is -2.35. The molecule has 0 bridgehead atoms. The second kappa shape index (κ2) is 6.61. The summed E-state index contributed by atoms with van der Waals surface area (Å²) in [4.78, 5) is 24.7. The smallest absolute Gasteiger partial charge is 0.323 e. The number of carboxylic acid groups (broad SMARTS) is 1. The quantitative estimate of drug-likeness (QED) is 0.932. The number of amides is 1. The molecule has 108 valence electrons. The van der Waals surface area contributed by atoms with Crippen LogP contribution >= 0.6 is 23.2 Å². The molecule has 2 aromatic carbocycles. The molecule has 6 heteroatoms. The van der Waals surface area contributed by atoms with Crippen LogP contribution in [0.15, 0.2) is 48.5 Å². The summed E-state index contributed by atoms with van der Waals surface area (Å²) in [6.07, 6.45) is 0. The monoisotopic (exact) mass is 323 g/mol. The van der Waals surface area contributed by atoms with Crippen LogP contribution in [0.3, 0.4) is 0 Å². The molecule has 0 fully saturated rings. The van der Waals surface area contributed by atoms with Gasteiger partial charge in [-0.05, 0) is 30.3 Å². The van der Waals surface area contributed by atoms with E-state index in [4.69, 9.17) is 28.3 Å². The maximum Gasteiger partial charge on any atom is 0.323 e. The molecule has 0 saturated carbocycles. The number of rotatable bonds is 4. The van der Waals surface area contributed by atoms with Crippen LogP contribution in [0.25, 0.3) is 0 Å². The molecule has 4 nitrogen and oxygen atoms in total. The Labute approximate surface area is 131 Å². The number of carbonyl (C=O) groups is 2. The molecule has 0 radical (unpaired) electrons. The summed E-state index contributed by atoms with van der Waals surface area (Å²) >= 11 is 11.9. The number of nitrogens with zero attached hydrogens (tertiary/aromatic N) is 1. The zero-order valence-electron chi connectivity index (χ0n) is 10.8. The highest BCUT2D eigenvalue weighted by atomic mass is 35.5. The summed E-state index contributed by atoms with van der Waals surface area (Å²) in [6, 6.07) is 12.9. The topological polar surface area (TPSA) is 57.6 Å². The fraction of sp³-hybridized carbons (Fsp3) is 0.0667. The molecule has 2 rings (SSSR count). The van der Waals surface area contributed by atoms with Crippen molar-refractivity contribution in [2.75, 3.05) is 11.4 Å². The van der Waals surface area contributed by atoms with Gasteiger partial charge in [-0.2, -0.15) is 0 Å². The molecular weight excluding hydrogens is 313 g/mol. The van der Waals surface area contributed by atoms with Gasteiger partial charge in [0.25, 0.3) is 5.91 Å². The van der Waals surface area contributed by atoms with E-state index in [-0.39, 0.29) is 10.6 Å². The number of aliphatic carboxylic acids is 1. The molecule has 2 aromatic rings. The Bertz CT molecular complexity index is 688. The van der Waals surface area contributed by atoms with Crippen LogP contribution in [0.2, 0.25) is 10.0 Å². The number of halogens is 2. The minimum Gasteiger partial charge on any atom is -0.480 e. The van der Waals surface area contributed by atoms with Crippen molar-refractivity contribution in [3.63, 3.8) is 0 Å². The maximum atomic E-state index is 12.5. The second-order valence-corrected chi connectivity index (χ2v) is 5.09. The van der Waals surface area contributed by atoms with Gasteiger partial charge in [0, 0.05) is 10.7 Å². The Hall–Kier alpha value is -2.04. The predicted octanol–water partition coefficient (Wildman–Crippen LogP) is 3.72. The van der Waals surface area contributed by atoms with Crippen LogP contribution in [-0.2, 0) is 4.79 Å². The largest absolute Gasteiger partial charge is 0.480 e. The van der Waals surface area contributed by atoms with E-state index in [1.165, 1.54) is 6.07 Å². The Balaban J connectivity index is 2.43. The number of benzene rings is 2. The molecule has 1 N–H and O–H groups in total. The third-order valence-electron chi connectivity index (χ3n) is 2.76. The number of hydrogen-bond acceptors (Lipinski definition) is 2. The lowest BCUT2D eigenvalue weighted by molar-refractivity contribution is -0.135. The lowest BCUT2D eigenvalue weighted by atomic mass is 10.1. The van der Waals surface area contributed by atoms with E-state index in [1.54, 1.807) is 42.5 Å². The Morgan fingerprint density at radius 2 is 1.76 bits per heavy atom. The highest BCUT2D eigenvalue weighted by molar-refractivity contribution is 6.34. The summed E-state index contributed by atoms with van der Waals surface area (Å²) in [6.45, 7) is -0.482. The summed E-state index contributed by atoms with van der Waals surface area (Å²) in [5, 5.41) is 9.70. The second-order valence-electron chi connectivity index (χ2n) is 4.24. The van der Waals surface area contributed by atoms with E-state index in [2.05, 4.69) is 0 Å². The summed E-state index contributed by atoms with van der Waals surface area (Å²) in [7, 11) is 0. The van der Waals surface area contributed by atoms with Gasteiger partial charge in [-0.15, -0.1) is 0 Å². The first-order chi connectivity index (χ1) is 9.99. The molecule has 0 unspecified atom stereocenters. The van der Waals surface area contributed by atoms with Gasteiger partial charge in [0.2, 0.25) is 0 Å². The molecule has 0 heterocycles. The fourth-order valence-electron chi connectivity index (χ4n) is 1.84. The molecule has 0 aromatic heterocycles. The van der Waals surface area contributed by atoms with Gasteiger partial charge in [0.05, 0.1) is 10.6 Å². The summed E-state index contributed by atoms with van der Waals surface area (Å²) in [5.41, 5.74) is 0.634. The van der Waals surface area contributed by atoms with Crippen molar-refractivity contribution in [3.05, 3.63) is 64.1 Å². The zero-order chi connectivity index (χ0) is 15.4. The van der Waals surface area contributed by atoms with Crippen LogP contribution in [0, 0.1) is 0 Å². The minimum absolute atomic E-state index is 0.236. The first-order valence-electron chi connectivity index (χ1n) is 6.03. The van der Waals surface area contributed by atoms with Gasteiger partial charge in [-0.25, -0.2) is 0 Å². The van der Waals surface area contributed by atoms with E-state index >= 15 is 0 Å². The molecular formula is C15H11Cl2NO3. The molecule has 0 aliphatic heterocycles. The lowest BCUT2D eigenvalue weighted by Gasteiger charge is -2.21. The van der Waals surface area contributed by atoms with Crippen molar-refractivity contribution in [2.24, 2.45) is 0 Å². The van der Waals surface area contributed by atoms with Gasteiger partial charge in [0.15, 0.2) is 0 Å². The van der Waals surface area contributed by atoms with E-state index in [0.29, 0.717) is 10.7 Å². The van der Waals surface area contributed by atoms with Crippen LogP contribution in [0.4, 0.5) is 5.69 Å². The highest BCUT2D eigenvalue weighted by Crippen LogP contribution is 2.24. The SMILES string of the molecule is O=C(O)CN(C(=O)c1ccccc1Cl)c1cccc(Cl)c1. The van der Waals surface area contributed by atoms with Gasteiger partial charge >= 0.3 is 5.97 Å². The van der Waals surface area contributed by atoms with Crippen molar-refractivity contribution in [3.8, 4) is 0 Å². The van der Waals surface area contributed by atoms with Crippen LogP contribution in [0.1, 0.15) is 10.4 Å². The predicted molar refractivity (Wildman–Crippen MR) is 82.2 cm³/mol. The van der Waals surface area contributed by atoms with Gasteiger partial charge in [-0.1, -0.05) is 41.4 Å². The number of anilines is 1. The van der Waals surface area contributed by atoms with Gasteiger partial charge in [0.1, 0.15) is 6.54 Å². The highest BCUT2D eigenvalue weighted by Gasteiger charge is 2.22. The third-order valence-corrected chi connectivity index (χ3v) is 3.33. The number of carboxylic acids is 1. The molecule has 0 aliphatic carbocycles. The van der Waals surface area contributed by atoms with Gasteiger partial charge < -0.3 is 5.11 Å². The number of hydrogen-bond donors (Lipinski definition) is 1. The van der Waals surface area contributed by atoms with E-state index in [9.17, 15) is 9.59 Å². The van der Waals surface area contributed by atoms with E-state index in [1.807, 2.05) is 0 Å². The van der Waals surface area contributed by atoms with Crippen molar-refractivity contribution in [1.82, 2.24) is 0 Å². The van der Waals surface area contributed by atoms with Crippen molar-refractivity contribution < 1.29 is 14.7 Å². The maximum absolute atomic E-state index is 12.5. The Morgan fingerprint density at radius 1 is 1.05 bits per heavy atom. The van der Waals surface area contributed by atoms with E-state index < -0.39 is 18.4 Å². The van der Waals surface area contributed by atoms with Crippen molar-refractivity contribution >= 4 is 40.8 Å². The Morgan fingerprint density at radius 3 is 2.38 bits per heavy atom. The van der Waals surface area contributed by atoms with Gasteiger partial charge in [-0.3, -0.25) is 14.5 Å². The van der Waals surface area contributed by atoms with Crippen molar-refractivity contribution in [1.29, 1.82) is 0 Å². The molecule has 1 amide bonds. The zero-order valence-corrected chi connectivity index (χ0v) is 12.3. The first-order valence-corrected chi connectivity index (χ1v) is 6.78. The van der Waals surface area contributed by atoms with Crippen LogP contribution in [-0.4, -0.2) is 23.5 Å². The molecule has 0 atom stereocenters. The van der Waals surface area contributed by atoms with Crippen LogP contribution < -0.4 is 4.90 Å². The summed E-state index contributed by atoms with van der Waals surface area (Å²) < 4.78 is 0. The molecule has 0 saturated heterocycles. The molecule has 0 aliphatic rings. The first kappa shape index (κ1) is 15.4. The van der Waals surface area contributed by atoms with Crippen LogP contribution in [0.5, 0.6) is 0 Å². The Kier molecular flexibility index (Phi) is 4.83. The van der Waals surface area contributed by atoms with E-state index in [0.717, 1.165) is 4.90 Å². The average molecular weight is 324 g/mol. The fourth-order valence-corrected chi connectivity index (χ4v) is 2.24. The molecule has 21 heavy (non-hydrogen) atoms. The average Bonchev–Trinajstić information content (AvgIpc) is 2.44. The number of carbonyl (C=O) groups excluding carboxylic acids is 1. The summed E-state index contributed by atoms with van der Waals surface area (Å²) in [5.74, 6) is -1.62. The minimum atomic E-state index is -1.13. The van der Waals surface area contributed by atoms with Crippen molar-refractivity contribution in [2.45, 2.75) is 0 Å². The third kappa shape index (κ3) is 3.74. The normalized spacial score (nSPS) is 10.2. The standard InChI is InChI=1S/C15H11Cl2NO3/c16-10-4-3-5-11(8-10)18(9-14(19)20)15(21)12-6-1-2-7-13(12)17/h1-8H,9H2,(H,19,20). The molecule has 0 spiro atoms.